The van der Waals surface area contributed by atoms with Crippen LogP contribution in [-0.4, -0.2) is 59.4 Å². The number of phenols is 2. The quantitative estimate of drug-likeness (QED) is 0.194. The van der Waals surface area contributed by atoms with Gasteiger partial charge in [-0.2, -0.15) is 0 Å². The third-order valence-corrected chi connectivity index (χ3v) is 6.58. The minimum atomic E-state index is -1.22. The van der Waals surface area contributed by atoms with Gasteiger partial charge in [0.1, 0.15) is 51.7 Å². The fourth-order valence-electron chi connectivity index (χ4n) is 4.46. The molecule has 0 radical (unpaired) electrons. The zero-order chi connectivity index (χ0) is 32.2. The van der Waals surface area contributed by atoms with Crippen molar-refractivity contribution in [2.75, 3.05) is 14.2 Å². The maximum Gasteiger partial charge on any atom is 0.347 e. The van der Waals surface area contributed by atoms with Crippen molar-refractivity contribution in [3.63, 3.8) is 0 Å². The molecule has 0 aliphatic heterocycles. The molecule has 3 rings (SSSR count). The highest BCUT2D eigenvalue weighted by atomic mass is 16.5. The number of aliphatic carboxylic acids is 1. The Balaban J connectivity index is 1.82. The van der Waals surface area contributed by atoms with E-state index in [-0.39, 0.29) is 45.1 Å². The van der Waals surface area contributed by atoms with Crippen LogP contribution in [0, 0.1) is 26.7 Å². The molecule has 4 N–H and O–H groups in total. The third kappa shape index (κ3) is 7.15. The molecular weight excluding hydrogens is 562 g/mol. The lowest BCUT2D eigenvalue weighted by molar-refractivity contribution is -0.140. The number of ether oxygens (including phenoxy) is 4. The van der Waals surface area contributed by atoms with Crippen LogP contribution in [0.2, 0.25) is 0 Å². The summed E-state index contributed by atoms with van der Waals surface area (Å²) in [6.45, 7) is 7.90. The van der Waals surface area contributed by atoms with Gasteiger partial charge in [0, 0.05) is 18.2 Å². The second-order valence-corrected chi connectivity index (χ2v) is 10.1. The number of hydrogen-bond donors (Lipinski definition) is 4. The summed E-state index contributed by atoms with van der Waals surface area (Å²) in [6.07, 6.45) is 0. The molecule has 228 valence electrons. The Kier molecular flexibility index (Phi) is 9.86. The van der Waals surface area contributed by atoms with Gasteiger partial charge in [-0.1, -0.05) is 13.8 Å². The minimum Gasteiger partial charge on any atom is -0.507 e. The van der Waals surface area contributed by atoms with Gasteiger partial charge in [-0.15, -0.1) is 0 Å². The normalized spacial score (nSPS) is 11.4. The van der Waals surface area contributed by atoms with Crippen LogP contribution in [0.5, 0.6) is 34.5 Å². The topological polar surface area (TPSA) is 178 Å². The number of carboxylic acids is 1. The van der Waals surface area contributed by atoms with E-state index in [1.54, 1.807) is 26.8 Å². The molecule has 0 bridgehead atoms. The van der Waals surface area contributed by atoms with E-state index in [0.29, 0.717) is 11.3 Å². The fraction of sp³-hybridized carbons (Fsp3) is 0.290. The number of aryl methyl sites for hydroxylation is 3. The molecule has 0 aliphatic rings. The first-order valence-electron chi connectivity index (χ1n) is 13.1. The lowest BCUT2D eigenvalue weighted by Gasteiger charge is -2.19. The predicted molar refractivity (Wildman–Crippen MR) is 154 cm³/mol. The first kappa shape index (κ1) is 32.3. The van der Waals surface area contributed by atoms with Crippen molar-refractivity contribution in [3.05, 3.63) is 69.8 Å². The zero-order valence-electron chi connectivity index (χ0n) is 24.7. The maximum atomic E-state index is 13.0. The first-order chi connectivity index (χ1) is 20.2. The monoisotopic (exact) mass is 595 g/mol. The molecule has 0 saturated heterocycles. The van der Waals surface area contributed by atoms with Crippen LogP contribution in [0.15, 0.2) is 36.4 Å². The van der Waals surface area contributed by atoms with Crippen molar-refractivity contribution >= 4 is 23.8 Å². The highest BCUT2D eigenvalue weighted by Crippen LogP contribution is 2.34. The Labute approximate surface area is 247 Å². The third-order valence-electron chi connectivity index (χ3n) is 6.58. The Morgan fingerprint density at radius 3 is 1.58 bits per heavy atom. The summed E-state index contributed by atoms with van der Waals surface area (Å²) >= 11 is 0. The van der Waals surface area contributed by atoms with Gasteiger partial charge in [0.15, 0.2) is 0 Å². The number of esters is 2. The zero-order valence-corrected chi connectivity index (χ0v) is 24.7. The van der Waals surface area contributed by atoms with Crippen molar-refractivity contribution in [2.24, 2.45) is 5.92 Å². The number of amides is 1. The van der Waals surface area contributed by atoms with Crippen LogP contribution in [-0.2, 0) is 4.79 Å². The smallest absolute Gasteiger partial charge is 0.347 e. The van der Waals surface area contributed by atoms with Crippen molar-refractivity contribution in [1.29, 1.82) is 0 Å². The lowest BCUT2D eigenvalue weighted by Crippen LogP contribution is -2.44. The Morgan fingerprint density at radius 2 is 1.14 bits per heavy atom. The summed E-state index contributed by atoms with van der Waals surface area (Å²) in [5, 5.41) is 32.9. The van der Waals surface area contributed by atoms with E-state index in [0.717, 1.165) is 12.1 Å². The number of carboxylic acid groups (broad SMARTS) is 1. The van der Waals surface area contributed by atoms with Gasteiger partial charge in [-0.25, -0.2) is 14.4 Å². The van der Waals surface area contributed by atoms with Crippen LogP contribution >= 0.6 is 0 Å². The average Bonchev–Trinajstić information content (AvgIpc) is 2.89. The molecule has 0 spiro atoms. The minimum absolute atomic E-state index is 0.0428. The maximum absolute atomic E-state index is 13.0. The number of rotatable bonds is 10. The second kappa shape index (κ2) is 13.1. The predicted octanol–water partition coefficient (Wildman–Crippen LogP) is 4.32. The number of nitrogens with one attached hydrogen (secondary N) is 1. The van der Waals surface area contributed by atoms with E-state index in [1.165, 1.54) is 46.3 Å². The molecule has 1 unspecified atom stereocenters. The molecule has 3 aromatic carbocycles. The van der Waals surface area contributed by atoms with Gasteiger partial charge < -0.3 is 39.6 Å². The van der Waals surface area contributed by atoms with E-state index in [9.17, 15) is 34.5 Å². The Hall–Kier alpha value is -5.26. The molecule has 1 atom stereocenters. The summed E-state index contributed by atoms with van der Waals surface area (Å²) in [6, 6.07) is 6.77. The molecule has 0 saturated carbocycles. The van der Waals surface area contributed by atoms with Crippen molar-refractivity contribution < 1.29 is 53.4 Å². The fourth-order valence-corrected chi connectivity index (χ4v) is 4.46. The summed E-state index contributed by atoms with van der Waals surface area (Å²) in [5.41, 5.74) is 0.709. The molecule has 0 fully saturated rings. The molecule has 12 heteroatoms. The molecule has 3 aromatic rings. The summed E-state index contributed by atoms with van der Waals surface area (Å²) in [7, 11) is 2.88. The number of phenolic OH excluding ortho intramolecular Hbond substituents is 2. The van der Waals surface area contributed by atoms with Crippen LogP contribution in [0.4, 0.5) is 0 Å². The number of hydrogen-bond acceptors (Lipinski definition) is 10. The van der Waals surface area contributed by atoms with Gasteiger partial charge in [0.25, 0.3) is 5.91 Å². The Bertz CT molecular complexity index is 1550. The van der Waals surface area contributed by atoms with Crippen LogP contribution in [0.3, 0.4) is 0 Å². The van der Waals surface area contributed by atoms with E-state index in [1.807, 2.05) is 0 Å². The highest BCUT2D eigenvalue weighted by molar-refractivity contribution is 6.01. The molecule has 1 amide bonds. The van der Waals surface area contributed by atoms with Crippen molar-refractivity contribution in [3.8, 4) is 34.5 Å². The lowest BCUT2D eigenvalue weighted by atomic mass is 10.0. The summed E-state index contributed by atoms with van der Waals surface area (Å²) in [4.78, 5) is 50.1. The van der Waals surface area contributed by atoms with Gasteiger partial charge >= 0.3 is 17.9 Å². The highest BCUT2D eigenvalue weighted by Gasteiger charge is 2.27. The molecule has 0 heterocycles. The molecular formula is C31H33NO11. The largest absolute Gasteiger partial charge is 0.507 e. The molecule has 43 heavy (non-hydrogen) atoms. The number of carbonyl (C=O) groups is 4. The standard InChI is InChI=1S/C31H33NO11/c1-14(2)27(29(36)37)32-28(35)24-15(3)9-19(11-21(24)33)42-30(38)25-16(4)10-20(12-22(25)34)43-31(39)26-17(5)8-18(40-6)13-23(26)41-7/h8-14,27,33-34H,1-7H3,(H,32,35)(H,36,37). The van der Waals surface area contributed by atoms with Gasteiger partial charge in [-0.05, 0) is 61.6 Å². The Morgan fingerprint density at radius 1 is 0.674 bits per heavy atom. The van der Waals surface area contributed by atoms with Crippen LogP contribution in [0.25, 0.3) is 0 Å². The number of aromatic hydroxyl groups is 2. The van der Waals surface area contributed by atoms with Crippen molar-refractivity contribution in [1.82, 2.24) is 5.32 Å². The van der Waals surface area contributed by atoms with Crippen molar-refractivity contribution in [2.45, 2.75) is 40.7 Å². The first-order valence-corrected chi connectivity index (χ1v) is 13.1. The van der Waals surface area contributed by atoms with Gasteiger partial charge in [-0.3, -0.25) is 4.79 Å². The number of carbonyl (C=O) groups excluding carboxylic acids is 3. The van der Waals surface area contributed by atoms with E-state index < -0.39 is 47.3 Å². The van der Waals surface area contributed by atoms with Gasteiger partial charge in [0.2, 0.25) is 0 Å². The van der Waals surface area contributed by atoms with Crippen LogP contribution in [0.1, 0.15) is 61.6 Å². The number of benzene rings is 3. The van der Waals surface area contributed by atoms with E-state index in [2.05, 4.69) is 5.32 Å². The van der Waals surface area contributed by atoms with Crippen LogP contribution < -0.4 is 24.3 Å². The summed E-state index contributed by atoms with van der Waals surface area (Å²) in [5.74, 6) is -4.72. The number of methoxy groups -OCH3 is 2. The molecule has 0 aliphatic carbocycles. The summed E-state index contributed by atoms with van der Waals surface area (Å²) < 4.78 is 21.3. The van der Waals surface area contributed by atoms with Gasteiger partial charge in [0.05, 0.1) is 19.8 Å². The van der Waals surface area contributed by atoms with E-state index in [4.69, 9.17) is 18.9 Å². The average molecular weight is 596 g/mol. The second-order valence-electron chi connectivity index (χ2n) is 10.1. The molecule has 0 aromatic heterocycles. The molecule has 12 nitrogen and oxygen atoms in total. The van der Waals surface area contributed by atoms with E-state index >= 15 is 0 Å². The SMILES string of the molecule is COc1cc(C)c(C(=O)Oc2cc(C)c(C(=O)Oc3cc(C)c(C(=O)NC(C(=O)O)C(C)C)c(O)c3)c(O)c2)c(OC)c1.